The Hall–Kier alpha value is -1.26. The Balaban J connectivity index is 1.86. The van der Waals surface area contributed by atoms with Gasteiger partial charge in [0.05, 0.1) is 6.61 Å². The van der Waals surface area contributed by atoms with Gasteiger partial charge in [0, 0.05) is 31.6 Å². The highest BCUT2D eigenvalue weighted by molar-refractivity contribution is 5.83. The second-order valence-electron chi connectivity index (χ2n) is 5.75. The van der Waals surface area contributed by atoms with Crippen molar-refractivity contribution >= 4 is 12.0 Å². The Bertz CT molecular complexity index is 343. The van der Waals surface area contributed by atoms with Crippen LogP contribution in [0.4, 0.5) is 4.79 Å². The lowest BCUT2D eigenvalue weighted by molar-refractivity contribution is -0.142. The zero-order valence-corrected chi connectivity index (χ0v) is 12.0. The standard InChI is InChI=1S/C14H24N2O3/c1-3-19-13(18)16-10-8-15(9-11-16)12(17)14(2)6-4-5-7-14/h3-11H2,1-2H3. The quantitative estimate of drug-likeness (QED) is 0.768. The SMILES string of the molecule is CCOC(=O)N1CCN(C(=O)C2(C)CCCC2)CC1. The zero-order chi connectivity index (χ0) is 13.9. The third-order valence-corrected chi connectivity index (χ3v) is 4.32. The van der Waals surface area contributed by atoms with Crippen molar-refractivity contribution in [1.29, 1.82) is 0 Å². The predicted octanol–water partition coefficient (Wildman–Crippen LogP) is 1.87. The van der Waals surface area contributed by atoms with E-state index < -0.39 is 0 Å². The van der Waals surface area contributed by atoms with E-state index in [1.54, 1.807) is 11.8 Å². The molecule has 0 aromatic carbocycles. The summed E-state index contributed by atoms with van der Waals surface area (Å²) in [6.07, 6.45) is 4.06. The summed E-state index contributed by atoms with van der Waals surface area (Å²) in [5, 5.41) is 0. The van der Waals surface area contributed by atoms with Crippen LogP contribution in [-0.2, 0) is 9.53 Å². The first-order valence-corrected chi connectivity index (χ1v) is 7.28. The molecule has 2 aliphatic rings. The van der Waals surface area contributed by atoms with Crippen LogP contribution in [-0.4, -0.2) is 54.6 Å². The Morgan fingerprint density at radius 3 is 2.11 bits per heavy atom. The molecule has 1 aliphatic carbocycles. The summed E-state index contributed by atoms with van der Waals surface area (Å²) < 4.78 is 4.98. The highest BCUT2D eigenvalue weighted by Crippen LogP contribution is 2.39. The van der Waals surface area contributed by atoms with E-state index in [1.807, 2.05) is 4.90 Å². The molecule has 0 aromatic rings. The lowest BCUT2D eigenvalue weighted by Crippen LogP contribution is -2.53. The van der Waals surface area contributed by atoms with Gasteiger partial charge in [0.1, 0.15) is 0 Å². The first-order chi connectivity index (χ1) is 9.07. The summed E-state index contributed by atoms with van der Waals surface area (Å²) in [5.74, 6) is 0.272. The Morgan fingerprint density at radius 2 is 1.58 bits per heavy atom. The van der Waals surface area contributed by atoms with E-state index in [4.69, 9.17) is 4.74 Å². The number of rotatable bonds is 2. The van der Waals surface area contributed by atoms with Gasteiger partial charge in [0.25, 0.3) is 0 Å². The van der Waals surface area contributed by atoms with Crippen LogP contribution in [0.1, 0.15) is 39.5 Å². The van der Waals surface area contributed by atoms with Gasteiger partial charge in [-0.25, -0.2) is 4.79 Å². The van der Waals surface area contributed by atoms with Crippen molar-refractivity contribution < 1.29 is 14.3 Å². The zero-order valence-electron chi connectivity index (χ0n) is 12.0. The topological polar surface area (TPSA) is 49.9 Å². The van der Waals surface area contributed by atoms with E-state index in [9.17, 15) is 9.59 Å². The third-order valence-electron chi connectivity index (χ3n) is 4.32. The molecule has 2 rings (SSSR count). The number of nitrogens with zero attached hydrogens (tertiary/aromatic N) is 2. The van der Waals surface area contributed by atoms with Gasteiger partial charge in [-0.15, -0.1) is 0 Å². The Kier molecular flexibility index (Phi) is 4.32. The predicted molar refractivity (Wildman–Crippen MR) is 71.8 cm³/mol. The fourth-order valence-electron chi connectivity index (χ4n) is 3.06. The molecule has 5 heteroatoms. The van der Waals surface area contributed by atoms with Crippen molar-refractivity contribution in [2.45, 2.75) is 39.5 Å². The summed E-state index contributed by atoms with van der Waals surface area (Å²) in [6.45, 7) is 6.72. The minimum absolute atomic E-state index is 0.161. The van der Waals surface area contributed by atoms with E-state index in [-0.39, 0.29) is 17.4 Å². The van der Waals surface area contributed by atoms with Crippen molar-refractivity contribution in [3.63, 3.8) is 0 Å². The molecule has 1 saturated carbocycles. The van der Waals surface area contributed by atoms with Gasteiger partial charge in [0.2, 0.25) is 5.91 Å². The summed E-state index contributed by atoms with van der Waals surface area (Å²) in [7, 11) is 0. The van der Waals surface area contributed by atoms with Crippen molar-refractivity contribution in [1.82, 2.24) is 9.80 Å². The average Bonchev–Trinajstić information content (AvgIpc) is 2.86. The van der Waals surface area contributed by atoms with Gasteiger partial charge in [-0.1, -0.05) is 19.8 Å². The fraction of sp³-hybridized carbons (Fsp3) is 0.857. The minimum atomic E-state index is -0.262. The van der Waals surface area contributed by atoms with Crippen LogP contribution in [0.25, 0.3) is 0 Å². The molecule has 1 aliphatic heterocycles. The molecular weight excluding hydrogens is 244 g/mol. The molecule has 19 heavy (non-hydrogen) atoms. The lowest BCUT2D eigenvalue weighted by Gasteiger charge is -2.38. The maximum Gasteiger partial charge on any atom is 0.409 e. The number of amides is 2. The maximum absolute atomic E-state index is 12.5. The minimum Gasteiger partial charge on any atom is -0.450 e. The molecule has 0 N–H and O–H groups in total. The number of ether oxygens (including phenoxy) is 1. The van der Waals surface area contributed by atoms with E-state index >= 15 is 0 Å². The van der Waals surface area contributed by atoms with Crippen LogP contribution in [0.2, 0.25) is 0 Å². The molecule has 0 unspecified atom stereocenters. The van der Waals surface area contributed by atoms with Crippen molar-refractivity contribution in [3.05, 3.63) is 0 Å². The van der Waals surface area contributed by atoms with Gasteiger partial charge < -0.3 is 14.5 Å². The maximum atomic E-state index is 12.5. The fourth-order valence-corrected chi connectivity index (χ4v) is 3.06. The molecule has 0 radical (unpaired) electrons. The van der Waals surface area contributed by atoms with E-state index in [1.165, 1.54) is 0 Å². The number of hydrogen-bond donors (Lipinski definition) is 0. The van der Waals surface area contributed by atoms with Gasteiger partial charge in [0.15, 0.2) is 0 Å². The molecule has 1 heterocycles. The molecule has 1 saturated heterocycles. The second kappa shape index (κ2) is 5.80. The first kappa shape index (κ1) is 14.2. The summed E-state index contributed by atoms with van der Waals surface area (Å²) >= 11 is 0. The summed E-state index contributed by atoms with van der Waals surface area (Å²) in [5.41, 5.74) is -0.161. The normalized spacial score (nSPS) is 22.4. The van der Waals surface area contributed by atoms with Gasteiger partial charge in [-0.05, 0) is 19.8 Å². The Morgan fingerprint density at radius 1 is 1.05 bits per heavy atom. The molecule has 2 fully saturated rings. The van der Waals surface area contributed by atoms with Crippen molar-refractivity contribution in [2.75, 3.05) is 32.8 Å². The summed E-state index contributed by atoms with van der Waals surface area (Å²) in [6, 6.07) is 0. The third kappa shape index (κ3) is 3.01. The molecule has 0 spiro atoms. The number of hydrogen-bond acceptors (Lipinski definition) is 3. The number of carbonyl (C=O) groups is 2. The number of piperazine rings is 1. The highest BCUT2D eigenvalue weighted by Gasteiger charge is 2.40. The first-order valence-electron chi connectivity index (χ1n) is 7.28. The van der Waals surface area contributed by atoms with Crippen LogP contribution >= 0.6 is 0 Å². The van der Waals surface area contributed by atoms with Crippen molar-refractivity contribution in [2.24, 2.45) is 5.41 Å². The van der Waals surface area contributed by atoms with Crippen LogP contribution in [0.5, 0.6) is 0 Å². The second-order valence-corrected chi connectivity index (χ2v) is 5.75. The highest BCUT2D eigenvalue weighted by atomic mass is 16.6. The van der Waals surface area contributed by atoms with Gasteiger partial charge in [-0.3, -0.25) is 4.79 Å². The van der Waals surface area contributed by atoms with Crippen molar-refractivity contribution in [3.8, 4) is 0 Å². The Labute approximate surface area is 114 Å². The van der Waals surface area contributed by atoms with E-state index in [0.29, 0.717) is 32.8 Å². The van der Waals surface area contributed by atoms with Crippen LogP contribution < -0.4 is 0 Å². The molecule has 0 aromatic heterocycles. The molecule has 0 atom stereocenters. The largest absolute Gasteiger partial charge is 0.450 e. The monoisotopic (exact) mass is 268 g/mol. The van der Waals surface area contributed by atoms with E-state index in [0.717, 1.165) is 25.7 Å². The molecule has 5 nitrogen and oxygen atoms in total. The smallest absolute Gasteiger partial charge is 0.409 e. The molecule has 2 amide bonds. The average molecular weight is 268 g/mol. The van der Waals surface area contributed by atoms with Gasteiger partial charge in [-0.2, -0.15) is 0 Å². The summed E-state index contributed by atoms with van der Waals surface area (Å²) in [4.78, 5) is 27.7. The number of carbonyl (C=O) groups excluding carboxylic acids is 2. The lowest BCUT2D eigenvalue weighted by atomic mass is 9.87. The molecular formula is C14H24N2O3. The molecule has 108 valence electrons. The van der Waals surface area contributed by atoms with E-state index in [2.05, 4.69) is 6.92 Å². The molecule has 0 bridgehead atoms. The van der Waals surface area contributed by atoms with Crippen LogP contribution in [0.15, 0.2) is 0 Å². The van der Waals surface area contributed by atoms with Gasteiger partial charge >= 0.3 is 6.09 Å². The van der Waals surface area contributed by atoms with Crippen LogP contribution in [0, 0.1) is 5.41 Å². The van der Waals surface area contributed by atoms with Crippen LogP contribution in [0.3, 0.4) is 0 Å².